The molecule has 2 aromatic heterocycles. The Bertz CT molecular complexity index is 804. The molecule has 7 heteroatoms. The fourth-order valence-corrected chi connectivity index (χ4v) is 2.98. The number of carbonyl (C=O) groups is 1. The van der Waals surface area contributed by atoms with E-state index in [4.69, 9.17) is 0 Å². The number of hydrogen-bond donors (Lipinski definition) is 2. The number of nitrogens with one attached hydrogen (secondary N) is 2. The summed E-state index contributed by atoms with van der Waals surface area (Å²) in [6, 6.07) is 11.9. The number of H-pyrrole nitrogens is 1. The summed E-state index contributed by atoms with van der Waals surface area (Å²) in [5, 5.41) is 3.55. The van der Waals surface area contributed by atoms with Crippen molar-refractivity contribution in [2.75, 3.05) is 18.2 Å². The zero-order valence-electron chi connectivity index (χ0n) is 12.6. The van der Waals surface area contributed by atoms with Gasteiger partial charge in [-0.25, -0.2) is 14.8 Å². The van der Waals surface area contributed by atoms with Gasteiger partial charge < -0.3 is 9.72 Å². The molecule has 23 heavy (non-hydrogen) atoms. The van der Waals surface area contributed by atoms with Crippen LogP contribution in [0.3, 0.4) is 0 Å². The summed E-state index contributed by atoms with van der Waals surface area (Å²) in [6.45, 7) is 0. The van der Waals surface area contributed by atoms with Gasteiger partial charge >= 0.3 is 6.09 Å². The van der Waals surface area contributed by atoms with Crippen LogP contribution in [-0.2, 0) is 11.2 Å². The zero-order valence-corrected chi connectivity index (χ0v) is 13.4. The standard InChI is InChI=1S/C16H16N4O2S/c1-22-16(21)20-15-18-12-6-5-11(10-13(12)19-15)7-9-23-14-4-2-3-8-17-14/h2-6,8,10H,7,9H2,1H3,(H2,18,19,20,21). The maximum absolute atomic E-state index is 11.2. The SMILES string of the molecule is COC(=O)Nc1nc2cc(CCSc3ccccn3)ccc2[nH]1. The van der Waals surface area contributed by atoms with Gasteiger partial charge in [0.2, 0.25) is 5.95 Å². The molecule has 0 aliphatic heterocycles. The second-order valence-corrected chi connectivity index (χ2v) is 5.94. The number of rotatable bonds is 5. The van der Waals surface area contributed by atoms with Gasteiger partial charge in [0.25, 0.3) is 0 Å². The van der Waals surface area contributed by atoms with Crippen LogP contribution in [0, 0.1) is 0 Å². The van der Waals surface area contributed by atoms with E-state index in [9.17, 15) is 4.79 Å². The second kappa shape index (κ2) is 7.15. The van der Waals surface area contributed by atoms with Crippen molar-refractivity contribution in [2.24, 2.45) is 0 Å². The molecule has 6 nitrogen and oxygen atoms in total. The van der Waals surface area contributed by atoms with Crippen LogP contribution in [-0.4, -0.2) is 33.9 Å². The Morgan fingerprint density at radius 3 is 3.04 bits per heavy atom. The van der Waals surface area contributed by atoms with Crippen LogP contribution in [0.15, 0.2) is 47.6 Å². The number of fused-ring (bicyclic) bond motifs is 1. The molecule has 3 rings (SSSR count). The average Bonchev–Trinajstić information content (AvgIpc) is 2.97. The van der Waals surface area contributed by atoms with Gasteiger partial charge in [0.05, 0.1) is 23.2 Å². The van der Waals surface area contributed by atoms with Gasteiger partial charge in [0, 0.05) is 11.9 Å². The van der Waals surface area contributed by atoms with E-state index in [1.165, 1.54) is 12.7 Å². The van der Waals surface area contributed by atoms with Gasteiger partial charge in [0.15, 0.2) is 0 Å². The molecule has 1 aromatic carbocycles. The Balaban J connectivity index is 1.64. The van der Waals surface area contributed by atoms with Crippen molar-refractivity contribution in [2.45, 2.75) is 11.4 Å². The van der Waals surface area contributed by atoms with E-state index in [2.05, 4.69) is 31.1 Å². The Morgan fingerprint density at radius 1 is 1.35 bits per heavy atom. The molecule has 0 spiro atoms. The number of aryl methyl sites for hydroxylation is 1. The highest BCUT2D eigenvalue weighted by molar-refractivity contribution is 7.99. The first-order valence-electron chi connectivity index (χ1n) is 7.12. The highest BCUT2D eigenvalue weighted by atomic mass is 32.2. The lowest BCUT2D eigenvalue weighted by molar-refractivity contribution is 0.186. The molecular weight excluding hydrogens is 312 g/mol. The summed E-state index contributed by atoms with van der Waals surface area (Å²) in [4.78, 5) is 22.9. The van der Waals surface area contributed by atoms with Crippen LogP contribution in [0.25, 0.3) is 11.0 Å². The maximum atomic E-state index is 11.2. The van der Waals surface area contributed by atoms with Gasteiger partial charge in [-0.3, -0.25) is 5.32 Å². The second-order valence-electron chi connectivity index (χ2n) is 4.82. The summed E-state index contributed by atoms with van der Waals surface area (Å²) in [5.74, 6) is 1.33. The topological polar surface area (TPSA) is 79.9 Å². The molecule has 0 aliphatic carbocycles. The molecule has 0 saturated heterocycles. The molecule has 118 valence electrons. The lowest BCUT2D eigenvalue weighted by Crippen LogP contribution is -2.11. The minimum atomic E-state index is -0.545. The van der Waals surface area contributed by atoms with Crippen LogP contribution >= 0.6 is 11.8 Å². The third-order valence-corrected chi connectivity index (χ3v) is 4.18. The van der Waals surface area contributed by atoms with E-state index in [1.807, 2.05) is 30.3 Å². The molecule has 1 amide bonds. The van der Waals surface area contributed by atoms with Crippen LogP contribution in [0.5, 0.6) is 0 Å². The van der Waals surface area contributed by atoms with Crippen molar-refractivity contribution in [3.8, 4) is 0 Å². The van der Waals surface area contributed by atoms with Gasteiger partial charge in [-0.2, -0.15) is 0 Å². The number of imidazole rings is 1. The van der Waals surface area contributed by atoms with E-state index in [1.54, 1.807) is 18.0 Å². The number of pyridine rings is 1. The Kier molecular flexibility index (Phi) is 4.77. The minimum Gasteiger partial charge on any atom is -0.453 e. The summed E-state index contributed by atoms with van der Waals surface area (Å²) < 4.78 is 4.55. The molecule has 0 unspecified atom stereocenters. The average molecular weight is 328 g/mol. The van der Waals surface area contributed by atoms with Crippen molar-refractivity contribution < 1.29 is 9.53 Å². The maximum Gasteiger partial charge on any atom is 0.413 e. The largest absolute Gasteiger partial charge is 0.453 e. The molecule has 0 radical (unpaired) electrons. The highest BCUT2D eigenvalue weighted by Gasteiger charge is 2.07. The van der Waals surface area contributed by atoms with Crippen molar-refractivity contribution in [3.63, 3.8) is 0 Å². The highest BCUT2D eigenvalue weighted by Crippen LogP contribution is 2.19. The number of anilines is 1. The number of methoxy groups -OCH3 is 1. The fourth-order valence-electron chi connectivity index (χ4n) is 2.12. The Morgan fingerprint density at radius 2 is 2.26 bits per heavy atom. The molecule has 0 fully saturated rings. The molecule has 0 saturated carbocycles. The lowest BCUT2D eigenvalue weighted by atomic mass is 10.1. The van der Waals surface area contributed by atoms with Crippen LogP contribution in [0.1, 0.15) is 5.56 Å². The third kappa shape index (κ3) is 4.01. The zero-order chi connectivity index (χ0) is 16.1. The molecule has 0 aliphatic rings. The van der Waals surface area contributed by atoms with E-state index in [-0.39, 0.29) is 0 Å². The lowest BCUT2D eigenvalue weighted by Gasteiger charge is -2.01. The number of hydrogen-bond acceptors (Lipinski definition) is 5. The Labute approximate surface area is 137 Å². The predicted molar refractivity (Wildman–Crippen MR) is 90.8 cm³/mol. The van der Waals surface area contributed by atoms with Gasteiger partial charge in [-0.15, -0.1) is 11.8 Å². The van der Waals surface area contributed by atoms with Crippen LogP contribution in [0.4, 0.5) is 10.7 Å². The monoisotopic (exact) mass is 328 g/mol. The predicted octanol–water partition coefficient (Wildman–Crippen LogP) is 3.47. The molecular formula is C16H16N4O2S. The van der Waals surface area contributed by atoms with Crippen molar-refractivity contribution in [1.29, 1.82) is 0 Å². The van der Waals surface area contributed by atoms with Gasteiger partial charge in [-0.1, -0.05) is 12.1 Å². The summed E-state index contributed by atoms with van der Waals surface area (Å²) >= 11 is 1.72. The van der Waals surface area contributed by atoms with E-state index >= 15 is 0 Å². The van der Waals surface area contributed by atoms with Crippen molar-refractivity contribution in [1.82, 2.24) is 15.0 Å². The van der Waals surface area contributed by atoms with Crippen LogP contribution < -0.4 is 5.32 Å². The molecule has 0 atom stereocenters. The van der Waals surface area contributed by atoms with E-state index < -0.39 is 6.09 Å². The number of ether oxygens (including phenoxy) is 1. The molecule has 3 aromatic rings. The Hall–Kier alpha value is -2.54. The van der Waals surface area contributed by atoms with E-state index in [0.717, 1.165) is 28.2 Å². The fraction of sp³-hybridized carbons (Fsp3) is 0.188. The summed E-state index contributed by atoms with van der Waals surface area (Å²) in [5.41, 5.74) is 2.88. The normalized spacial score (nSPS) is 10.7. The molecule has 2 heterocycles. The van der Waals surface area contributed by atoms with E-state index in [0.29, 0.717) is 5.95 Å². The van der Waals surface area contributed by atoms with Crippen LogP contribution in [0.2, 0.25) is 0 Å². The number of nitrogens with zero attached hydrogens (tertiary/aromatic N) is 2. The number of aromatic amines is 1. The third-order valence-electron chi connectivity index (χ3n) is 3.23. The van der Waals surface area contributed by atoms with Crippen molar-refractivity contribution in [3.05, 3.63) is 48.2 Å². The molecule has 2 N–H and O–H groups in total. The first-order valence-corrected chi connectivity index (χ1v) is 8.10. The van der Waals surface area contributed by atoms with Gasteiger partial charge in [-0.05, 0) is 36.2 Å². The first kappa shape index (κ1) is 15.4. The quantitative estimate of drug-likeness (QED) is 0.701. The summed E-state index contributed by atoms with van der Waals surface area (Å²) in [6.07, 6.45) is 2.17. The minimum absolute atomic E-state index is 0.381. The number of aromatic nitrogens is 3. The molecule has 0 bridgehead atoms. The number of carbonyl (C=O) groups excluding carboxylic acids is 1. The summed E-state index contributed by atoms with van der Waals surface area (Å²) in [7, 11) is 1.31. The number of thioether (sulfide) groups is 1. The first-order chi connectivity index (χ1) is 11.2. The van der Waals surface area contributed by atoms with Gasteiger partial charge in [0.1, 0.15) is 0 Å². The number of benzene rings is 1. The number of amides is 1. The smallest absolute Gasteiger partial charge is 0.413 e. The van der Waals surface area contributed by atoms with Crippen molar-refractivity contribution >= 4 is 34.8 Å².